The van der Waals surface area contributed by atoms with Crippen molar-refractivity contribution in [2.24, 2.45) is 0 Å². The van der Waals surface area contributed by atoms with Crippen molar-refractivity contribution in [3.05, 3.63) is 77.1 Å². The van der Waals surface area contributed by atoms with Gasteiger partial charge in [0.15, 0.2) is 10.8 Å². The van der Waals surface area contributed by atoms with E-state index in [1.54, 1.807) is 17.6 Å². The van der Waals surface area contributed by atoms with Gasteiger partial charge in [0.25, 0.3) is 0 Å². The van der Waals surface area contributed by atoms with E-state index in [0.29, 0.717) is 23.1 Å². The van der Waals surface area contributed by atoms with Gasteiger partial charge in [0.05, 0.1) is 5.69 Å². The van der Waals surface area contributed by atoms with E-state index in [0.717, 1.165) is 5.56 Å². The molecule has 1 N–H and O–H groups in total. The molecule has 0 saturated heterocycles. The smallest absolute Gasteiger partial charge is 0.358 e. The summed E-state index contributed by atoms with van der Waals surface area (Å²) in [5, 5.41) is 5.58. The van der Waals surface area contributed by atoms with E-state index in [-0.39, 0.29) is 6.61 Å². The van der Waals surface area contributed by atoms with Crippen molar-refractivity contribution >= 4 is 22.4 Å². The van der Waals surface area contributed by atoms with Gasteiger partial charge in [-0.25, -0.2) is 9.78 Å². The second kappa shape index (κ2) is 7.51. The Bertz CT molecular complexity index is 760. The Hall–Kier alpha value is -2.73. The van der Waals surface area contributed by atoms with E-state index in [1.165, 1.54) is 11.3 Å². The van der Waals surface area contributed by atoms with Crippen LogP contribution in [-0.2, 0) is 17.9 Å². The van der Waals surface area contributed by atoms with Crippen molar-refractivity contribution in [3.63, 3.8) is 0 Å². The molecular formula is C17H15N3O2S. The van der Waals surface area contributed by atoms with Gasteiger partial charge in [-0.3, -0.25) is 4.98 Å². The molecule has 116 valence electrons. The van der Waals surface area contributed by atoms with E-state index in [2.05, 4.69) is 15.3 Å². The molecule has 6 heteroatoms. The van der Waals surface area contributed by atoms with Crippen LogP contribution in [0.25, 0.3) is 0 Å². The Kier molecular flexibility index (Phi) is 4.95. The molecule has 3 rings (SSSR count). The van der Waals surface area contributed by atoms with Crippen molar-refractivity contribution in [2.75, 3.05) is 5.32 Å². The third-order valence-electron chi connectivity index (χ3n) is 3.08. The number of carbonyl (C=O) groups excluding carboxylic acids is 1. The number of anilines is 1. The highest BCUT2D eigenvalue weighted by molar-refractivity contribution is 7.13. The normalized spacial score (nSPS) is 10.3. The summed E-state index contributed by atoms with van der Waals surface area (Å²) in [5.41, 5.74) is 2.17. The van der Waals surface area contributed by atoms with Gasteiger partial charge in [-0.05, 0) is 17.7 Å². The van der Waals surface area contributed by atoms with Crippen LogP contribution >= 0.6 is 11.3 Å². The molecule has 0 saturated carbocycles. The number of hydrogen-bond donors (Lipinski definition) is 1. The number of thiazole rings is 1. The third kappa shape index (κ3) is 4.37. The van der Waals surface area contributed by atoms with Gasteiger partial charge in [0.1, 0.15) is 6.61 Å². The zero-order valence-corrected chi connectivity index (χ0v) is 13.1. The Labute approximate surface area is 138 Å². The fourth-order valence-electron chi connectivity index (χ4n) is 1.92. The summed E-state index contributed by atoms with van der Waals surface area (Å²) in [7, 11) is 0. The molecule has 0 amide bonds. The first-order chi connectivity index (χ1) is 11.3. The SMILES string of the molecule is O=C(OCc1ccccn1)c1csc(NCc2ccccc2)n1. The number of pyridine rings is 1. The number of esters is 1. The standard InChI is InChI=1S/C17H15N3O2S/c21-16(22-11-14-8-4-5-9-18-14)15-12-23-17(20-15)19-10-13-6-2-1-3-7-13/h1-9,12H,10-11H2,(H,19,20). The first-order valence-electron chi connectivity index (χ1n) is 7.11. The average molecular weight is 325 g/mol. The van der Waals surface area contributed by atoms with Crippen LogP contribution in [0.15, 0.2) is 60.1 Å². The second-order valence-corrected chi connectivity index (χ2v) is 5.63. The molecule has 23 heavy (non-hydrogen) atoms. The van der Waals surface area contributed by atoms with Crippen LogP contribution < -0.4 is 5.32 Å². The summed E-state index contributed by atoms with van der Waals surface area (Å²) < 4.78 is 5.21. The van der Waals surface area contributed by atoms with Gasteiger partial charge >= 0.3 is 5.97 Å². The lowest BCUT2D eigenvalue weighted by Crippen LogP contribution is -2.07. The second-order valence-electron chi connectivity index (χ2n) is 4.77. The van der Waals surface area contributed by atoms with E-state index < -0.39 is 5.97 Å². The van der Waals surface area contributed by atoms with Crippen LogP contribution in [0.5, 0.6) is 0 Å². The number of hydrogen-bond acceptors (Lipinski definition) is 6. The van der Waals surface area contributed by atoms with Crippen molar-refractivity contribution in [1.29, 1.82) is 0 Å². The minimum absolute atomic E-state index is 0.143. The maximum absolute atomic E-state index is 12.0. The molecule has 2 aromatic heterocycles. The summed E-state index contributed by atoms with van der Waals surface area (Å²) in [6.07, 6.45) is 1.66. The molecule has 1 aromatic carbocycles. The lowest BCUT2D eigenvalue weighted by Gasteiger charge is -2.03. The minimum atomic E-state index is -0.445. The molecule has 0 atom stereocenters. The minimum Gasteiger partial charge on any atom is -0.454 e. The van der Waals surface area contributed by atoms with Crippen LogP contribution in [0.2, 0.25) is 0 Å². The number of aromatic nitrogens is 2. The molecular weight excluding hydrogens is 310 g/mol. The highest BCUT2D eigenvalue weighted by Gasteiger charge is 2.12. The number of ether oxygens (including phenoxy) is 1. The van der Waals surface area contributed by atoms with Gasteiger partial charge in [0.2, 0.25) is 0 Å². The molecule has 2 heterocycles. The van der Waals surface area contributed by atoms with E-state index >= 15 is 0 Å². The highest BCUT2D eigenvalue weighted by Crippen LogP contribution is 2.17. The first kappa shape index (κ1) is 15.2. The van der Waals surface area contributed by atoms with E-state index in [1.807, 2.05) is 42.5 Å². The third-order valence-corrected chi connectivity index (χ3v) is 3.88. The Morgan fingerprint density at radius 2 is 1.96 bits per heavy atom. The number of benzene rings is 1. The predicted molar refractivity (Wildman–Crippen MR) is 89.2 cm³/mol. The van der Waals surface area contributed by atoms with Crippen LogP contribution in [-0.4, -0.2) is 15.9 Å². The van der Waals surface area contributed by atoms with Crippen molar-refractivity contribution in [3.8, 4) is 0 Å². The average Bonchev–Trinajstić information content (AvgIpc) is 3.09. The molecule has 0 aliphatic carbocycles. The molecule has 0 aliphatic rings. The van der Waals surface area contributed by atoms with Crippen LogP contribution in [0.3, 0.4) is 0 Å². The largest absolute Gasteiger partial charge is 0.454 e. The zero-order valence-electron chi connectivity index (χ0n) is 12.3. The van der Waals surface area contributed by atoms with Crippen LogP contribution in [0.4, 0.5) is 5.13 Å². The number of nitrogens with zero attached hydrogens (tertiary/aromatic N) is 2. The number of carbonyl (C=O) groups is 1. The maximum Gasteiger partial charge on any atom is 0.358 e. The van der Waals surface area contributed by atoms with Gasteiger partial charge in [-0.1, -0.05) is 36.4 Å². The molecule has 0 radical (unpaired) electrons. The number of rotatable bonds is 6. The fourth-order valence-corrected chi connectivity index (χ4v) is 2.60. The van der Waals surface area contributed by atoms with Gasteiger partial charge in [-0.2, -0.15) is 0 Å². The van der Waals surface area contributed by atoms with Crippen molar-refractivity contribution in [2.45, 2.75) is 13.2 Å². The van der Waals surface area contributed by atoms with Crippen LogP contribution in [0.1, 0.15) is 21.7 Å². The van der Waals surface area contributed by atoms with E-state index in [4.69, 9.17) is 4.74 Å². The van der Waals surface area contributed by atoms with Gasteiger partial charge in [-0.15, -0.1) is 11.3 Å². The topological polar surface area (TPSA) is 64.1 Å². The molecule has 3 aromatic rings. The fraction of sp³-hybridized carbons (Fsp3) is 0.118. The lowest BCUT2D eigenvalue weighted by atomic mass is 10.2. The summed E-state index contributed by atoms with van der Waals surface area (Å²) in [6.45, 7) is 0.806. The van der Waals surface area contributed by atoms with Crippen molar-refractivity contribution in [1.82, 2.24) is 9.97 Å². The number of nitrogens with one attached hydrogen (secondary N) is 1. The monoisotopic (exact) mass is 325 g/mol. The van der Waals surface area contributed by atoms with E-state index in [9.17, 15) is 4.79 Å². The maximum atomic E-state index is 12.0. The summed E-state index contributed by atoms with van der Waals surface area (Å²) in [6, 6.07) is 15.5. The molecule has 5 nitrogen and oxygen atoms in total. The molecule has 0 bridgehead atoms. The summed E-state index contributed by atoms with van der Waals surface area (Å²) >= 11 is 1.38. The van der Waals surface area contributed by atoms with Crippen LogP contribution in [0, 0.1) is 0 Å². The molecule has 0 aliphatic heterocycles. The summed E-state index contributed by atoms with van der Waals surface area (Å²) in [5.74, 6) is -0.445. The Morgan fingerprint density at radius 1 is 1.13 bits per heavy atom. The lowest BCUT2D eigenvalue weighted by molar-refractivity contribution is 0.0462. The van der Waals surface area contributed by atoms with Crippen molar-refractivity contribution < 1.29 is 9.53 Å². The molecule has 0 unspecified atom stereocenters. The highest BCUT2D eigenvalue weighted by atomic mass is 32.1. The van der Waals surface area contributed by atoms with Gasteiger partial charge in [0, 0.05) is 18.1 Å². The van der Waals surface area contributed by atoms with Gasteiger partial charge < -0.3 is 10.1 Å². The Morgan fingerprint density at radius 3 is 2.74 bits per heavy atom. The first-order valence-corrected chi connectivity index (χ1v) is 7.99. The quantitative estimate of drug-likeness (QED) is 0.703. The Balaban J connectivity index is 1.53. The summed E-state index contributed by atoms with van der Waals surface area (Å²) in [4.78, 5) is 20.3. The molecule has 0 fully saturated rings. The molecule has 0 spiro atoms. The zero-order chi connectivity index (χ0) is 15.9. The predicted octanol–water partition coefficient (Wildman–Crippen LogP) is 3.51.